The number of aryl methyl sites for hydroxylation is 1. The van der Waals surface area contributed by atoms with Crippen molar-refractivity contribution in [3.63, 3.8) is 0 Å². The van der Waals surface area contributed by atoms with Gasteiger partial charge in [0.1, 0.15) is 5.75 Å². The smallest absolute Gasteiger partial charge is 0.266 e. The van der Waals surface area contributed by atoms with Crippen LogP contribution >= 0.6 is 0 Å². The van der Waals surface area contributed by atoms with Gasteiger partial charge in [-0.3, -0.25) is 9.59 Å². The largest absolute Gasteiger partial charge is 0.478 e. The molecular formula is C18H16N2O5. The van der Waals surface area contributed by atoms with Crippen molar-refractivity contribution in [2.45, 2.75) is 19.4 Å². The van der Waals surface area contributed by atoms with Gasteiger partial charge in [-0.25, -0.2) is 0 Å². The van der Waals surface area contributed by atoms with Gasteiger partial charge in [-0.05, 0) is 36.8 Å². The molecule has 2 aliphatic rings. The number of carbonyl (C=O) groups is 2. The summed E-state index contributed by atoms with van der Waals surface area (Å²) in [5.74, 6) is 1.12. The third kappa shape index (κ3) is 3.08. The highest BCUT2D eigenvalue weighted by molar-refractivity contribution is 6.02. The van der Waals surface area contributed by atoms with Crippen LogP contribution in [-0.4, -0.2) is 24.7 Å². The first-order valence-corrected chi connectivity index (χ1v) is 7.86. The molecular weight excluding hydrogens is 324 g/mol. The molecule has 2 aromatic carbocycles. The van der Waals surface area contributed by atoms with Crippen molar-refractivity contribution >= 4 is 23.2 Å². The fourth-order valence-corrected chi connectivity index (χ4v) is 2.75. The first kappa shape index (κ1) is 15.3. The molecule has 128 valence electrons. The van der Waals surface area contributed by atoms with E-state index in [1.807, 2.05) is 19.1 Å². The number of ether oxygens (including phenoxy) is 3. The zero-order valence-corrected chi connectivity index (χ0v) is 13.5. The summed E-state index contributed by atoms with van der Waals surface area (Å²) < 4.78 is 16.2. The monoisotopic (exact) mass is 340 g/mol. The summed E-state index contributed by atoms with van der Waals surface area (Å²) in [7, 11) is 0. The first-order chi connectivity index (χ1) is 12.1. The fourth-order valence-electron chi connectivity index (χ4n) is 2.75. The van der Waals surface area contributed by atoms with E-state index in [0.717, 1.165) is 5.56 Å². The van der Waals surface area contributed by atoms with Gasteiger partial charge < -0.3 is 24.8 Å². The van der Waals surface area contributed by atoms with Crippen molar-refractivity contribution < 1.29 is 23.8 Å². The van der Waals surface area contributed by atoms with E-state index in [4.69, 9.17) is 14.2 Å². The van der Waals surface area contributed by atoms with Gasteiger partial charge in [0.25, 0.3) is 5.91 Å². The zero-order chi connectivity index (χ0) is 17.4. The van der Waals surface area contributed by atoms with E-state index >= 15 is 0 Å². The van der Waals surface area contributed by atoms with Crippen LogP contribution < -0.4 is 24.8 Å². The highest BCUT2D eigenvalue weighted by Gasteiger charge is 2.30. The van der Waals surface area contributed by atoms with Crippen LogP contribution in [0.15, 0.2) is 36.4 Å². The molecule has 7 nitrogen and oxygen atoms in total. The molecule has 0 aromatic heterocycles. The molecule has 0 saturated carbocycles. The summed E-state index contributed by atoms with van der Waals surface area (Å²) in [6.45, 7) is 2.10. The van der Waals surface area contributed by atoms with E-state index in [2.05, 4.69) is 10.6 Å². The lowest BCUT2D eigenvalue weighted by Crippen LogP contribution is -2.39. The van der Waals surface area contributed by atoms with Crippen LogP contribution in [-0.2, 0) is 9.59 Å². The number of rotatable bonds is 3. The highest BCUT2D eigenvalue weighted by atomic mass is 16.7. The number of fused-ring (bicyclic) bond motifs is 2. The minimum absolute atomic E-state index is 0.0897. The van der Waals surface area contributed by atoms with E-state index in [-0.39, 0.29) is 25.0 Å². The molecule has 7 heteroatoms. The van der Waals surface area contributed by atoms with Crippen LogP contribution in [0.1, 0.15) is 12.0 Å². The highest BCUT2D eigenvalue weighted by Crippen LogP contribution is 2.34. The molecule has 4 rings (SSSR count). The minimum atomic E-state index is -0.871. The van der Waals surface area contributed by atoms with E-state index in [1.54, 1.807) is 24.3 Å². The molecule has 0 spiro atoms. The number of amides is 2. The Morgan fingerprint density at radius 1 is 1.16 bits per heavy atom. The van der Waals surface area contributed by atoms with Gasteiger partial charge in [0, 0.05) is 11.8 Å². The number of benzene rings is 2. The third-order valence-electron chi connectivity index (χ3n) is 3.98. The quantitative estimate of drug-likeness (QED) is 0.896. The second-order valence-electron chi connectivity index (χ2n) is 5.92. The lowest BCUT2D eigenvalue weighted by molar-refractivity contribution is -0.128. The van der Waals surface area contributed by atoms with Crippen molar-refractivity contribution in [1.29, 1.82) is 0 Å². The molecule has 2 aromatic rings. The summed E-state index contributed by atoms with van der Waals surface area (Å²) >= 11 is 0. The molecule has 2 aliphatic heterocycles. The Bertz CT molecular complexity index is 865. The van der Waals surface area contributed by atoms with Crippen LogP contribution in [0.3, 0.4) is 0 Å². The minimum Gasteiger partial charge on any atom is -0.478 e. The Hall–Kier alpha value is -3.22. The van der Waals surface area contributed by atoms with Crippen LogP contribution in [0.5, 0.6) is 17.2 Å². The SMILES string of the molecule is Cc1ccc2c(c1)NC(=O)C(CC(=O)Nc1ccc3c(c1)OCO3)O2. The average molecular weight is 340 g/mol. The fraction of sp³-hybridized carbons (Fsp3) is 0.222. The van der Waals surface area contributed by atoms with E-state index in [9.17, 15) is 9.59 Å². The molecule has 0 bridgehead atoms. The molecule has 1 unspecified atom stereocenters. The Morgan fingerprint density at radius 2 is 1.96 bits per heavy atom. The average Bonchev–Trinajstić information content (AvgIpc) is 3.03. The Labute approximate surface area is 143 Å². The summed E-state index contributed by atoms with van der Waals surface area (Å²) in [6, 6.07) is 10.6. The first-order valence-electron chi connectivity index (χ1n) is 7.86. The van der Waals surface area contributed by atoms with Crippen molar-refractivity contribution in [3.05, 3.63) is 42.0 Å². The topological polar surface area (TPSA) is 85.9 Å². The van der Waals surface area contributed by atoms with Gasteiger partial charge in [0.15, 0.2) is 17.6 Å². The van der Waals surface area contributed by atoms with Gasteiger partial charge in [-0.1, -0.05) is 6.07 Å². The number of anilines is 2. The maximum atomic E-state index is 12.2. The molecule has 0 radical (unpaired) electrons. The van der Waals surface area contributed by atoms with Crippen LogP contribution in [0.25, 0.3) is 0 Å². The molecule has 0 fully saturated rings. The number of nitrogens with one attached hydrogen (secondary N) is 2. The number of carbonyl (C=O) groups excluding carboxylic acids is 2. The molecule has 2 amide bonds. The van der Waals surface area contributed by atoms with Gasteiger partial charge in [0.2, 0.25) is 12.7 Å². The van der Waals surface area contributed by atoms with Crippen LogP contribution in [0.2, 0.25) is 0 Å². The molecule has 0 saturated heterocycles. The van der Waals surface area contributed by atoms with Crippen molar-refractivity contribution in [2.75, 3.05) is 17.4 Å². The Morgan fingerprint density at radius 3 is 2.84 bits per heavy atom. The van der Waals surface area contributed by atoms with Gasteiger partial charge in [-0.2, -0.15) is 0 Å². The van der Waals surface area contributed by atoms with Gasteiger partial charge in [-0.15, -0.1) is 0 Å². The van der Waals surface area contributed by atoms with Crippen molar-refractivity contribution in [3.8, 4) is 17.2 Å². The van der Waals surface area contributed by atoms with E-state index < -0.39 is 6.10 Å². The van der Waals surface area contributed by atoms with E-state index in [0.29, 0.717) is 28.6 Å². The summed E-state index contributed by atoms with van der Waals surface area (Å²) in [4.78, 5) is 24.4. The molecule has 0 aliphatic carbocycles. The van der Waals surface area contributed by atoms with Crippen molar-refractivity contribution in [1.82, 2.24) is 0 Å². The molecule has 25 heavy (non-hydrogen) atoms. The lowest BCUT2D eigenvalue weighted by atomic mass is 10.1. The van der Waals surface area contributed by atoms with Gasteiger partial charge >= 0.3 is 0 Å². The van der Waals surface area contributed by atoms with Crippen LogP contribution in [0, 0.1) is 6.92 Å². The summed E-state index contributed by atoms with van der Waals surface area (Å²) in [6.07, 6.45) is -0.961. The Balaban J connectivity index is 1.42. The maximum Gasteiger partial charge on any atom is 0.266 e. The zero-order valence-electron chi connectivity index (χ0n) is 13.5. The second-order valence-corrected chi connectivity index (χ2v) is 5.92. The maximum absolute atomic E-state index is 12.2. The molecule has 2 heterocycles. The second kappa shape index (κ2) is 6.01. The van der Waals surface area contributed by atoms with Crippen LogP contribution in [0.4, 0.5) is 11.4 Å². The standard InChI is InChI=1S/C18H16N2O5/c1-10-2-4-13-12(6-10)20-18(22)16(25-13)8-17(21)19-11-3-5-14-15(7-11)24-9-23-14/h2-7,16H,8-9H2,1H3,(H,19,21)(H,20,22). The molecule has 2 N–H and O–H groups in total. The van der Waals surface area contributed by atoms with Crippen molar-refractivity contribution in [2.24, 2.45) is 0 Å². The predicted octanol–water partition coefficient (Wildman–Crippen LogP) is 2.45. The third-order valence-corrected chi connectivity index (χ3v) is 3.98. The lowest BCUT2D eigenvalue weighted by Gasteiger charge is -2.25. The number of hydrogen-bond donors (Lipinski definition) is 2. The predicted molar refractivity (Wildman–Crippen MR) is 90.0 cm³/mol. The normalized spacial score (nSPS) is 17.3. The van der Waals surface area contributed by atoms with Gasteiger partial charge in [0.05, 0.1) is 12.1 Å². The number of hydrogen-bond acceptors (Lipinski definition) is 5. The molecule has 1 atom stereocenters. The Kier molecular flexibility index (Phi) is 3.68. The van der Waals surface area contributed by atoms with E-state index in [1.165, 1.54) is 0 Å². The summed E-state index contributed by atoms with van der Waals surface area (Å²) in [5.41, 5.74) is 2.21. The summed E-state index contributed by atoms with van der Waals surface area (Å²) in [5, 5.41) is 5.51.